The summed E-state index contributed by atoms with van der Waals surface area (Å²) < 4.78 is 39.5. The van der Waals surface area contributed by atoms with Crippen molar-refractivity contribution in [2.24, 2.45) is 0 Å². The molecule has 2 aromatic rings. The maximum atomic E-state index is 14.1. The minimum absolute atomic E-state index is 0.117. The number of sulfone groups is 1. The van der Waals surface area contributed by atoms with E-state index in [1.54, 1.807) is 24.0 Å². The molecular formula is C21H22FNO3S. The molecule has 1 amide bonds. The summed E-state index contributed by atoms with van der Waals surface area (Å²) >= 11 is 0. The quantitative estimate of drug-likeness (QED) is 0.756. The smallest absolute Gasteiger partial charge is 0.249 e. The van der Waals surface area contributed by atoms with Gasteiger partial charge < -0.3 is 4.90 Å². The standard InChI is InChI=1S/C21H22FNO3S/c1-16(15-17-7-3-2-4-8-17)21(24)23-12-11-20(27(25,26)14-13-23)18-9-5-6-10-19(18)22/h2-10,15,20H,11-14H2,1H3/b16-15+. The fraction of sp³-hybridized carbons (Fsp3) is 0.286. The summed E-state index contributed by atoms with van der Waals surface area (Å²) in [6.07, 6.45) is 1.98. The minimum atomic E-state index is -3.54. The van der Waals surface area contributed by atoms with E-state index in [2.05, 4.69) is 0 Å². The first-order chi connectivity index (χ1) is 12.9. The Morgan fingerprint density at radius 2 is 1.74 bits per heavy atom. The maximum absolute atomic E-state index is 14.1. The first-order valence-corrected chi connectivity index (χ1v) is 10.6. The van der Waals surface area contributed by atoms with Crippen LogP contribution in [0.1, 0.15) is 29.7 Å². The highest BCUT2D eigenvalue weighted by Crippen LogP contribution is 2.31. The lowest BCUT2D eigenvalue weighted by Crippen LogP contribution is -2.34. The van der Waals surface area contributed by atoms with Crippen molar-refractivity contribution in [2.75, 3.05) is 18.8 Å². The van der Waals surface area contributed by atoms with Crippen molar-refractivity contribution < 1.29 is 17.6 Å². The molecule has 0 N–H and O–H groups in total. The zero-order chi connectivity index (χ0) is 19.4. The first-order valence-electron chi connectivity index (χ1n) is 8.87. The molecule has 0 bridgehead atoms. The molecular weight excluding hydrogens is 365 g/mol. The molecule has 1 saturated heterocycles. The Labute approximate surface area is 159 Å². The predicted octanol–water partition coefficient (Wildman–Crippen LogP) is 3.62. The molecule has 27 heavy (non-hydrogen) atoms. The van der Waals surface area contributed by atoms with Crippen molar-refractivity contribution in [1.29, 1.82) is 0 Å². The van der Waals surface area contributed by atoms with Gasteiger partial charge in [0.05, 0.1) is 11.0 Å². The van der Waals surface area contributed by atoms with Gasteiger partial charge >= 0.3 is 0 Å². The van der Waals surface area contributed by atoms with Gasteiger partial charge in [-0.25, -0.2) is 12.8 Å². The van der Waals surface area contributed by atoms with Crippen LogP contribution >= 0.6 is 0 Å². The molecule has 0 spiro atoms. The molecule has 1 heterocycles. The van der Waals surface area contributed by atoms with E-state index in [1.807, 2.05) is 30.3 Å². The Bertz CT molecular complexity index is 954. The van der Waals surface area contributed by atoms with Crippen molar-refractivity contribution in [3.8, 4) is 0 Å². The predicted molar refractivity (Wildman–Crippen MR) is 104 cm³/mol. The number of rotatable bonds is 3. The number of nitrogens with zero attached hydrogens (tertiary/aromatic N) is 1. The van der Waals surface area contributed by atoms with Gasteiger partial charge in [-0.2, -0.15) is 0 Å². The van der Waals surface area contributed by atoms with Gasteiger partial charge in [-0.05, 0) is 31.1 Å². The van der Waals surface area contributed by atoms with E-state index in [0.29, 0.717) is 5.57 Å². The summed E-state index contributed by atoms with van der Waals surface area (Å²) in [6, 6.07) is 15.4. The first kappa shape index (κ1) is 19.3. The van der Waals surface area contributed by atoms with Crippen molar-refractivity contribution >= 4 is 21.8 Å². The number of halogens is 1. The van der Waals surface area contributed by atoms with E-state index in [9.17, 15) is 17.6 Å². The zero-order valence-corrected chi connectivity index (χ0v) is 16.0. The molecule has 3 rings (SSSR count). The number of carbonyl (C=O) groups excluding carboxylic acids is 1. The maximum Gasteiger partial charge on any atom is 0.249 e. The van der Waals surface area contributed by atoms with Crippen LogP contribution in [0.5, 0.6) is 0 Å². The summed E-state index contributed by atoms with van der Waals surface area (Å²) in [4.78, 5) is 14.3. The Hall–Kier alpha value is -2.47. The Morgan fingerprint density at radius 3 is 2.44 bits per heavy atom. The number of hydrogen-bond donors (Lipinski definition) is 0. The van der Waals surface area contributed by atoms with Crippen LogP contribution < -0.4 is 0 Å². The van der Waals surface area contributed by atoms with Crippen LogP contribution in [0.3, 0.4) is 0 Å². The van der Waals surface area contributed by atoms with Gasteiger partial charge in [0.25, 0.3) is 0 Å². The Balaban J connectivity index is 1.80. The number of carbonyl (C=O) groups is 1. The van der Waals surface area contributed by atoms with Crippen LogP contribution in [0.2, 0.25) is 0 Å². The van der Waals surface area contributed by atoms with E-state index >= 15 is 0 Å². The summed E-state index contributed by atoms with van der Waals surface area (Å²) in [6.45, 7) is 2.12. The lowest BCUT2D eigenvalue weighted by molar-refractivity contribution is -0.126. The molecule has 0 saturated carbocycles. The number of hydrogen-bond acceptors (Lipinski definition) is 3. The fourth-order valence-electron chi connectivity index (χ4n) is 3.34. The highest BCUT2D eigenvalue weighted by Gasteiger charge is 2.34. The third-order valence-electron chi connectivity index (χ3n) is 4.80. The lowest BCUT2D eigenvalue weighted by atomic mass is 10.1. The second-order valence-corrected chi connectivity index (χ2v) is 9.00. The topological polar surface area (TPSA) is 54.5 Å². The van der Waals surface area contributed by atoms with Crippen LogP contribution in [0.25, 0.3) is 6.08 Å². The zero-order valence-electron chi connectivity index (χ0n) is 15.1. The van der Waals surface area contributed by atoms with Crippen molar-refractivity contribution in [2.45, 2.75) is 18.6 Å². The van der Waals surface area contributed by atoms with E-state index in [1.165, 1.54) is 18.2 Å². The van der Waals surface area contributed by atoms with Crippen LogP contribution in [-0.4, -0.2) is 38.1 Å². The third kappa shape index (κ3) is 4.45. The van der Waals surface area contributed by atoms with Crippen LogP contribution in [0.4, 0.5) is 4.39 Å². The molecule has 1 fully saturated rings. The second-order valence-electron chi connectivity index (χ2n) is 6.70. The van der Waals surface area contributed by atoms with Gasteiger partial charge in [-0.3, -0.25) is 4.79 Å². The van der Waals surface area contributed by atoms with Gasteiger partial charge in [0.2, 0.25) is 5.91 Å². The minimum Gasteiger partial charge on any atom is -0.338 e. The van der Waals surface area contributed by atoms with E-state index < -0.39 is 20.9 Å². The SMILES string of the molecule is C/C(=C\c1ccccc1)C(=O)N1CCC(c2ccccc2F)S(=O)(=O)CC1. The molecule has 1 atom stereocenters. The highest BCUT2D eigenvalue weighted by molar-refractivity contribution is 7.91. The molecule has 142 valence electrons. The van der Waals surface area contributed by atoms with Gasteiger partial charge in [-0.15, -0.1) is 0 Å². The molecule has 6 heteroatoms. The van der Waals surface area contributed by atoms with Crippen molar-refractivity contribution in [3.63, 3.8) is 0 Å². The van der Waals surface area contributed by atoms with E-state index in [-0.39, 0.29) is 36.7 Å². The molecule has 1 unspecified atom stereocenters. The van der Waals surface area contributed by atoms with Crippen LogP contribution in [-0.2, 0) is 14.6 Å². The molecule has 1 aliphatic rings. The summed E-state index contributed by atoms with van der Waals surface area (Å²) in [7, 11) is -3.54. The molecule has 0 aliphatic carbocycles. The summed E-state index contributed by atoms with van der Waals surface area (Å²) in [5.74, 6) is -0.884. The van der Waals surface area contributed by atoms with Crippen molar-refractivity contribution in [3.05, 3.63) is 77.1 Å². The molecule has 0 radical (unpaired) electrons. The van der Waals surface area contributed by atoms with Gasteiger partial charge in [0, 0.05) is 24.2 Å². The number of amides is 1. The van der Waals surface area contributed by atoms with E-state index in [4.69, 9.17) is 0 Å². The summed E-state index contributed by atoms with van der Waals surface area (Å²) in [5, 5.41) is -0.921. The van der Waals surface area contributed by atoms with Crippen molar-refractivity contribution in [1.82, 2.24) is 4.90 Å². The van der Waals surface area contributed by atoms with Crippen LogP contribution in [0.15, 0.2) is 60.2 Å². The molecule has 4 nitrogen and oxygen atoms in total. The van der Waals surface area contributed by atoms with Gasteiger partial charge in [0.15, 0.2) is 9.84 Å². The van der Waals surface area contributed by atoms with Gasteiger partial charge in [0.1, 0.15) is 5.82 Å². The van der Waals surface area contributed by atoms with Gasteiger partial charge in [-0.1, -0.05) is 48.5 Å². The summed E-state index contributed by atoms with van der Waals surface area (Å²) in [5.41, 5.74) is 1.64. The lowest BCUT2D eigenvalue weighted by Gasteiger charge is -2.20. The fourth-order valence-corrected chi connectivity index (χ4v) is 5.14. The second kappa shape index (κ2) is 8.05. The Kier molecular flexibility index (Phi) is 5.75. The molecule has 0 aromatic heterocycles. The largest absolute Gasteiger partial charge is 0.338 e. The monoisotopic (exact) mass is 387 g/mol. The average Bonchev–Trinajstić information content (AvgIpc) is 2.80. The average molecular weight is 387 g/mol. The van der Waals surface area contributed by atoms with Crippen LogP contribution in [0, 0.1) is 5.82 Å². The Morgan fingerprint density at radius 1 is 1.07 bits per heavy atom. The highest BCUT2D eigenvalue weighted by atomic mass is 32.2. The van der Waals surface area contributed by atoms with E-state index in [0.717, 1.165) is 5.56 Å². The molecule has 2 aromatic carbocycles. The third-order valence-corrected chi connectivity index (χ3v) is 6.91. The normalized spacial score (nSPS) is 20.1. The number of benzene rings is 2. The molecule has 1 aliphatic heterocycles.